The topological polar surface area (TPSA) is 131 Å². The fraction of sp³-hybridized carbons (Fsp3) is 0.636. The fourth-order valence-corrected chi connectivity index (χ4v) is 5.31. The molecule has 0 aliphatic rings. The van der Waals surface area contributed by atoms with Crippen LogP contribution in [0.3, 0.4) is 0 Å². The molecule has 2 heterocycles. The maximum atomic E-state index is 12.4. The number of anilines is 1. The number of benzene rings is 1. The second-order valence-corrected chi connectivity index (χ2v) is 13.0. The predicted octanol–water partition coefficient (Wildman–Crippen LogP) is 8.81. The Morgan fingerprint density at radius 1 is 0.977 bits per heavy atom. The molecule has 44 heavy (non-hydrogen) atoms. The molecule has 1 aromatic carbocycles. The SMILES string of the molecule is CCCCCCCCCCCCCCOC(=O)C(C)COC(=O)Nc1cc(-c2nn3nc(C(C)(C)C)c(Cl)c3[nH]2)ccc1O. The summed E-state index contributed by atoms with van der Waals surface area (Å²) in [5.74, 6) is -0.706. The first kappa shape index (κ1) is 35.2. The zero-order valence-electron chi connectivity index (χ0n) is 27.0. The maximum absolute atomic E-state index is 12.4. The number of unbranched alkanes of at least 4 members (excludes halogenated alkanes) is 11. The molecule has 0 aliphatic carbocycles. The van der Waals surface area contributed by atoms with Crippen molar-refractivity contribution >= 4 is 35.0 Å². The van der Waals surface area contributed by atoms with Crippen LogP contribution < -0.4 is 5.32 Å². The van der Waals surface area contributed by atoms with Crippen LogP contribution in [0.2, 0.25) is 5.02 Å². The van der Waals surface area contributed by atoms with E-state index in [1.54, 1.807) is 19.1 Å². The number of aromatic amines is 1. The molecule has 0 radical (unpaired) electrons. The minimum Gasteiger partial charge on any atom is -0.506 e. The summed E-state index contributed by atoms with van der Waals surface area (Å²) in [6.45, 7) is 10.2. The molecular formula is C33H50ClN5O5. The number of amides is 1. The van der Waals surface area contributed by atoms with E-state index in [1.165, 1.54) is 68.5 Å². The largest absolute Gasteiger partial charge is 0.506 e. The third kappa shape index (κ3) is 10.7. The Labute approximate surface area is 266 Å². The lowest BCUT2D eigenvalue weighted by atomic mass is 9.92. The number of nitrogens with one attached hydrogen (secondary N) is 2. The third-order valence-electron chi connectivity index (χ3n) is 7.57. The number of H-pyrrole nitrogens is 1. The Morgan fingerprint density at radius 2 is 1.59 bits per heavy atom. The van der Waals surface area contributed by atoms with E-state index in [-0.39, 0.29) is 23.5 Å². The number of carbonyl (C=O) groups excluding carboxylic acids is 2. The number of halogens is 1. The van der Waals surface area contributed by atoms with Crippen molar-refractivity contribution in [1.82, 2.24) is 19.8 Å². The van der Waals surface area contributed by atoms with E-state index in [4.69, 9.17) is 21.1 Å². The van der Waals surface area contributed by atoms with Crippen molar-refractivity contribution < 1.29 is 24.2 Å². The molecule has 0 aliphatic heterocycles. The molecule has 0 saturated heterocycles. The predicted molar refractivity (Wildman–Crippen MR) is 174 cm³/mol. The normalized spacial score (nSPS) is 12.4. The van der Waals surface area contributed by atoms with Gasteiger partial charge in [0.1, 0.15) is 17.4 Å². The van der Waals surface area contributed by atoms with Crippen LogP contribution in [0.25, 0.3) is 17.0 Å². The minimum atomic E-state index is -0.801. The number of carbonyl (C=O) groups is 2. The molecule has 1 amide bonds. The molecule has 0 fully saturated rings. The van der Waals surface area contributed by atoms with Crippen molar-refractivity contribution in [3.05, 3.63) is 28.9 Å². The van der Waals surface area contributed by atoms with Gasteiger partial charge >= 0.3 is 12.1 Å². The summed E-state index contributed by atoms with van der Waals surface area (Å²) in [6.07, 6.45) is 14.1. The molecule has 0 saturated carbocycles. The Balaban J connectivity index is 1.35. The van der Waals surface area contributed by atoms with E-state index in [0.717, 1.165) is 25.0 Å². The van der Waals surface area contributed by atoms with Crippen LogP contribution in [0.4, 0.5) is 10.5 Å². The number of nitrogens with zero attached hydrogens (tertiary/aromatic N) is 3. The van der Waals surface area contributed by atoms with Gasteiger partial charge in [-0.1, -0.05) is 110 Å². The summed E-state index contributed by atoms with van der Waals surface area (Å²) in [5, 5.41) is 22.3. The highest BCUT2D eigenvalue weighted by atomic mass is 35.5. The van der Waals surface area contributed by atoms with Crippen molar-refractivity contribution in [3.63, 3.8) is 0 Å². The fourth-order valence-electron chi connectivity index (χ4n) is 4.86. The smallest absolute Gasteiger partial charge is 0.411 e. The van der Waals surface area contributed by atoms with Crippen LogP contribution in [0, 0.1) is 5.92 Å². The lowest BCUT2D eigenvalue weighted by Crippen LogP contribution is -2.24. The summed E-state index contributed by atoms with van der Waals surface area (Å²) in [6, 6.07) is 4.64. The number of ether oxygens (including phenoxy) is 2. The number of esters is 1. The van der Waals surface area contributed by atoms with Crippen molar-refractivity contribution in [2.24, 2.45) is 5.92 Å². The average molecular weight is 632 g/mol. The van der Waals surface area contributed by atoms with E-state index in [9.17, 15) is 14.7 Å². The molecule has 3 aromatic rings. The second-order valence-electron chi connectivity index (χ2n) is 12.6. The van der Waals surface area contributed by atoms with Gasteiger partial charge in [-0.05, 0) is 31.5 Å². The summed E-state index contributed by atoms with van der Waals surface area (Å²) in [4.78, 5) is 27.9. The quantitative estimate of drug-likeness (QED) is 0.0726. The highest BCUT2D eigenvalue weighted by Gasteiger charge is 2.25. The van der Waals surface area contributed by atoms with Gasteiger partial charge in [0.15, 0.2) is 11.5 Å². The van der Waals surface area contributed by atoms with E-state index in [1.807, 2.05) is 20.8 Å². The number of hydrogen-bond donors (Lipinski definition) is 3. The van der Waals surface area contributed by atoms with E-state index in [2.05, 4.69) is 27.4 Å². The summed E-state index contributed by atoms with van der Waals surface area (Å²) >= 11 is 6.53. The van der Waals surface area contributed by atoms with Crippen LogP contribution in [-0.4, -0.2) is 50.2 Å². The number of phenolic OH excluding ortho intramolecular Hbond substituents is 1. The van der Waals surface area contributed by atoms with Gasteiger partial charge in [0.25, 0.3) is 0 Å². The summed E-state index contributed by atoms with van der Waals surface area (Å²) in [7, 11) is 0. The first-order valence-corrected chi connectivity index (χ1v) is 16.5. The lowest BCUT2D eigenvalue weighted by molar-refractivity contribution is -0.149. The molecule has 1 unspecified atom stereocenters. The monoisotopic (exact) mass is 631 g/mol. The summed E-state index contributed by atoms with van der Waals surface area (Å²) in [5.41, 5.74) is 1.75. The van der Waals surface area contributed by atoms with Crippen molar-refractivity contribution in [3.8, 4) is 17.1 Å². The molecule has 11 heteroatoms. The molecule has 10 nitrogen and oxygen atoms in total. The lowest BCUT2D eigenvalue weighted by Gasteiger charge is -2.14. The molecule has 2 aromatic heterocycles. The average Bonchev–Trinajstić information content (AvgIpc) is 3.54. The van der Waals surface area contributed by atoms with Gasteiger partial charge in [-0.15, -0.1) is 9.73 Å². The first-order chi connectivity index (χ1) is 21.0. The Morgan fingerprint density at radius 3 is 2.18 bits per heavy atom. The number of hydrogen-bond acceptors (Lipinski definition) is 7. The molecule has 1 atom stereocenters. The second kappa shape index (κ2) is 17.3. The number of rotatable bonds is 18. The Hall–Kier alpha value is -3.27. The van der Waals surface area contributed by atoms with Crippen molar-refractivity contribution in [2.45, 2.75) is 117 Å². The van der Waals surface area contributed by atoms with Crippen LogP contribution in [0.5, 0.6) is 5.75 Å². The molecule has 244 valence electrons. The van der Waals surface area contributed by atoms with Crippen molar-refractivity contribution in [2.75, 3.05) is 18.5 Å². The van der Waals surface area contributed by atoms with E-state index >= 15 is 0 Å². The number of phenols is 1. The van der Waals surface area contributed by atoms with Gasteiger partial charge < -0.3 is 19.6 Å². The molecule has 3 N–H and O–H groups in total. The summed E-state index contributed by atoms with van der Waals surface area (Å²) < 4.78 is 12.0. The van der Waals surface area contributed by atoms with Crippen LogP contribution >= 0.6 is 11.6 Å². The molecule has 0 spiro atoms. The highest BCUT2D eigenvalue weighted by Crippen LogP contribution is 2.33. The van der Waals surface area contributed by atoms with E-state index in [0.29, 0.717) is 28.7 Å². The van der Waals surface area contributed by atoms with Crippen LogP contribution in [0.1, 0.15) is 117 Å². The molecule has 3 rings (SSSR count). The van der Waals surface area contributed by atoms with Gasteiger partial charge in [0.05, 0.1) is 23.9 Å². The first-order valence-electron chi connectivity index (χ1n) is 16.1. The van der Waals surface area contributed by atoms with Gasteiger partial charge in [-0.2, -0.15) is 5.10 Å². The van der Waals surface area contributed by atoms with Gasteiger partial charge in [0, 0.05) is 11.0 Å². The van der Waals surface area contributed by atoms with Crippen molar-refractivity contribution in [1.29, 1.82) is 0 Å². The Kier molecular flexibility index (Phi) is 13.8. The maximum Gasteiger partial charge on any atom is 0.411 e. The zero-order valence-corrected chi connectivity index (χ0v) is 27.8. The third-order valence-corrected chi connectivity index (χ3v) is 7.93. The molecular weight excluding hydrogens is 582 g/mol. The van der Waals surface area contributed by atoms with Crippen LogP contribution in [-0.2, 0) is 19.7 Å². The van der Waals surface area contributed by atoms with Gasteiger partial charge in [0.2, 0.25) is 0 Å². The number of aromatic nitrogens is 4. The molecule has 0 bridgehead atoms. The zero-order chi connectivity index (χ0) is 32.1. The van der Waals surface area contributed by atoms with E-state index < -0.39 is 18.0 Å². The Bertz CT molecular complexity index is 1350. The van der Waals surface area contributed by atoms with Crippen LogP contribution in [0.15, 0.2) is 18.2 Å². The highest BCUT2D eigenvalue weighted by molar-refractivity contribution is 6.34. The number of aromatic hydroxyl groups is 1. The number of fused-ring (bicyclic) bond motifs is 1. The standard InChI is InChI=1S/C33H50ClN5O5/c1-6-7-8-9-10-11-12-13-14-15-16-17-20-43-31(41)23(2)22-44-32(42)35-25-21-24(18-19-26(25)40)29-36-30-27(34)28(33(3,4)5)37-39(30)38-29/h18-19,21,23,40H,6-17,20,22H2,1-5H3,(H,35,42)(H,36,38). The van der Waals surface area contributed by atoms with Gasteiger partial charge in [-0.25, -0.2) is 4.79 Å². The van der Waals surface area contributed by atoms with Gasteiger partial charge in [-0.3, -0.25) is 10.1 Å². The minimum absolute atomic E-state index is 0.130.